The summed E-state index contributed by atoms with van der Waals surface area (Å²) >= 11 is 0. The summed E-state index contributed by atoms with van der Waals surface area (Å²) < 4.78 is 0. The molecule has 3 heteroatoms. The average Bonchev–Trinajstić information content (AvgIpc) is 2.89. The predicted molar refractivity (Wildman–Crippen MR) is 73.8 cm³/mol. The number of rotatable bonds is 5. The number of H-pyrrole nitrogens is 1. The highest BCUT2D eigenvalue weighted by Gasteiger charge is 2.08. The fourth-order valence-corrected chi connectivity index (χ4v) is 1.85. The predicted octanol–water partition coefficient (Wildman–Crippen LogP) is 2.58. The van der Waals surface area contributed by atoms with Crippen molar-refractivity contribution in [1.82, 2.24) is 15.5 Å². The van der Waals surface area contributed by atoms with Crippen LogP contribution in [-0.2, 0) is 6.54 Å². The molecule has 92 valence electrons. The van der Waals surface area contributed by atoms with Crippen molar-refractivity contribution in [2.45, 2.75) is 25.9 Å². The monoisotopic (exact) mass is 239 g/mol. The summed E-state index contributed by atoms with van der Waals surface area (Å²) in [7, 11) is 0. The van der Waals surface area contributed by atoms with Gasteiger partial charge in [0.1, 0.15) is 0 Å². The molecule has 1 aromatic carbocycles. The summed E-state index contributed by atoms with van der Waals surface area (Å²) in [6.07, 6.45) is 8.21. The van der Waals surface area contributed by atoms with Crippen molar-refractivity contribution in [1.29, 1.82) is 0 Å². The second kappa shape index (κ2) is 6.04. The van der Waals surface area contributed by atoms with Gasteiger partial charge in [0.25, 0.3) is 0 Å². The first-order valence-corrected chi connectivity index (χ1v) is 6.12. The molecule has 0 bridgehead atoms. The molecule has 1 unspecified atom stereocenters. The fraction of sp³-hybridized carbons (Fsp3) is 0.267. The summed E-state index contributed by atoms with van der Waals surface area (Å²) in [4.78, 5) is 0. The number of hydrogen-bond donors (Lipinski definition) is 2. The number of benzene rings is 1. The van der Waals surface area contributed by atoms with Crippen molar-refractivity contribution < 1.29 is 0 Å². The molecule has 0 fully saturated rings. The molecule has 0 saturated carbocycles. The van der Waals surface area contributed by atoms with Gasteiger partial charge in [-0.25, -0.2) is 0 Å². The molecule has 0 radical (unpaired) electrons. The van der Waals surface area contributed by atoms with Gasteiger partial charge in [-0.1, -0.05) is 43.2 Å². The van der Waals surface area contributed by atoms with Crippen molar-refractivity contribution in [2.24, 2.45) is 0 Å². The van der Waals surface area contributed by atoms with Gasteiger partial charge in [0.2, 0.25) is 0 Å². The van der Waals surface area contributed by atoms with Crippen LogP contribution in [0.4, 0.5) is 0 Å². The lowest BCUT2D eigenvalue weighted by atomic mass is 10.1. The molecule has 0 aliphatic heterocycles. The van der Waals surface area contributed by atoms with E-state index in [0.29, 0.717) is 0 Å². The quantitative estimate of drug-likeness (QED) is 0.787. The summed E-state index contributed by atoms with van der Waals surface area (Å²) in [5.74, 6) is 2.73. The SMILES string of the molecule is C#CC(CC)NCc1cn[nH]c1-c1ccccc1. The van der Waals surface area contributed by atoms with Crippen molar-refractivity contribution >= 4 is 0 Å². The van der Waals surface area contributed by atoms with E-state index in [9.17, 15) is 0 Å². The Morgan fingerprint density at radius 2 is 2.17 bits per heavy atom. The van der Waals surface area contributed by atoms with E-state index in [1.54, 1.807) is 0 Å². The van der Waals surface area contributed by atoms with Crippen LogP contribution in [-0.4, -0.2) is 16.2 Å². The third-order valence-corrected chi connectivity index (χ3v) is 2.93. The highest BCUT2D eigenvalue weighted by molar-refractivity contribution is 5.62. The van der Waals surface area contributed by atoms with E-state index in [2.05, 4.69) is 40.5 Å². The fourth-order valence-electron chi connectivity index (χ4n) is 1.85. The Hall–Kier alpha value is -2.05. The molecule has 0 spiro atoms. The second-order valence-corrected chi connectivity index (χ2v) is 4.14. The Labute approximate surface area is 108 Å². The molecular weight excluding hydrogens is 222 g/mol. The number of nitrogens with one attached hydrogen (secondary N) is 2. The normalized spacial score (nSPS) is 12.0. The van der Waals surface area contributed by atoms with Crippen LogP contribution in [0.1, 0.15) is 18.9 Å². The highest BCUT2D eigenvalue weighted by Crippen LogP contribution is 2.20. The molecule has 0 aliphatic carbocycles. The second-order valence-electron chi connectivity index (χ2n) is 4.14. The Morgan fingerprint density at radius 1 is 1.39 bits per heavy atom. The maximum atomic E-state index is 5.44. The van der Waals surface area contributed by atoms with Crippen LogP contribution in [0.25, 0.3) is 11.3 Å². The van der Waals surface area contributed by atoms with Crippen LogP contribution >= 0.6 is 0 Å². The van der Waals surface area contributed by atoms with Crippen LogP contribution in [0.2, 0.25) is 0 Å². The molecule has 0 aliphatic rings. The topological polar surface area (TPSA) is 40.7 Å². The minimum atomic E-state index is 0.114. The first-order valence-electron chi connectivity index (χ1n) is 6.12. The zero-order chi connectivity index (χ0) is 12.8. The first-order chi connectivity index (χ1) is 8.85. The number of aromatic amines is 1. The zero-order valence-electron chi connectivity index (χ0n) is 10.5. The summed E-state index contributed by atoms with van der Waals surface area (Å²) in [5.41, 5.74) is 3.32. The minimum Gasteiger partial charge on any atom is -0.299 e. The molecule has 1 atom stereocenters. The molecular formula is C15H17N3. The van der Waals surface area contributed by atoms with E-state index in [1.807, 2.05) is 24.4 Å². The number of aromatic nitrogens is 2. The summed E-state index contributed by atoms with van der Waals surface area (Å²) in [6.45, 7) is 2.80. The van der Waals surface area contributed by atoms with E-state index >= 15 is 0 Å². The highest BCUT2D eigenvalue weighted by atomic mass is 15.1. The van der Waals surface area contributed by atoms with E-state index in [-0.39, 0.29) is 6.04 Å². The molecule has 2 rings (SSSR count). The van der Waals surface area contributed by atoms with Gasteiger partial charge >= 0.3 is 0 Å². The molecule has 0 amide bonds. The molecule has 2 N–H and O–H groups in total. The number of terminal acetylenes is 1. The lowest BCUT2D eigenvalue weighted by molar-refractivity contribution is 0.593. The van der Waals surface area contributed by atoms with E-state index < -0.39 is 0 Å². The molecule has 0 saturated heterocycles. The van der Waals surface area contributed by atoms with Crippen LogP contribution < -0.4 is 5.32 Å². The van der Waals surface area contributed by atoms with Crippen molar-refractivity contribution in [3.05, 3.63) is 42.1 Å². The van der Waals surface area contributed by atoms with Crippen LogP contribution in [0.3, 0.4) is 0 Å². The Morgan fingerprint density at radius 3 is 2.83 bits per heavy atom. The van der Waals surface area contributed by atoms with Crippen LogP contribution in [0.15, 0.2) is 36.5 Å². The van der Waals surface area contributed by atoms with E-state index in [1.165, 1.54) is 0 Å². The van der Waals surface area contributed by atoms with Crippen molar-refractivity contribution in [3.8, 4) is 23.6 Å². The summed E-state index contributed by atoms with van der Waals surface area (Å²) in [6, 6.07) is 10.3. The van der Waals surface area contributed by atoms with Gasteiger partial charge in [-0.3, -0.25) is 10.4 Å². The van der Waals surface area contributed by atoms with Gasteiger partial charge in [0, 0.05) is 12.1 Å². The number of hydrogen-bond acceptors (Lipinski definition) is 2. The maximum absolute atomic E-state index is 5.44. The smallest absolute Gasteiger partial charge is 0.0695 e. The Kier molecular flexibility index (Phi) is 4.16. The van der Waals surface area contributed by atoms with E-state index in [4.69, 9.17) is 6.42 Å². The van der Waals surface area contributed by atoms with Gasteiger partial charge in [0.15, 0.2) is 0 Å². The van der Waals surface area contributed by atoms with Crippen molar-refractivity contribution in [3.63, 3.8) is 0 Å². The lowest BCUT2D eigenvalue weighted by Gasteiger charge is -2.10. The lowest BCUT2D eigenvalue weighted by Crippen LogP contribution is -2.26. The molecule has 1 aromatic heterocycles. The minimum absolute atomic E-state index is 0.114. The van der Waals surface area contributed by atoms with Gasteiger partial charge in [-0.15, -0.1) is 6.42 Å². The first kappa shape index (κ1) is 12.4. The standard InChI is InChI=1S/C15H17N3/c1-3-14(4-2)16-10-13-11-17-18-15(13)12-8-6-5-7-9-12/h1,5-9,11,14,16H,4,10H2,2H3,(H,17,18). The van der Waals surface area contributed by atoms with Crippen molar-refractivity contribution in [2.75, 3.05) is 0 Å². The van der Waals surface area contributed by atoms with E-state index in [0.717, 1.165) is 29.8 Å². The average molecular weight is 239 g/mol. The van der Waals surface area contributed by atoms with Gasteiger partial charge in [-0.05, 0) is 12.0 Å². The zero-order valence-corrected chi connectivity index (χ0v) is 10.5. The Bertz CT molecular complexity index is 522. The molecule has 3 nitrogen and oxygen atoms in total. The number of nitrogens with zero attached hydrogens (tertiary/aromatic N) is 1. The third-order valence-electron chi connectivity index (χ3n) is 2.93. The third kappa shape index (κ3) is 2.79. The molecule has 2 aromatic rings. The Balaban J connectivity index is 2.12. The summed E-state index contributed by atoms with van der Waals surface area (Å²) in [5, 5.41) is 10.5. The van der Waals surface area contributed by atoms with Crippen LogP contribution in [0, 0.1) is 12.3 Å². The molecule has 18 heavy (non-hydrogen) atoms. The van der Waals surface area contributed by atoms with Crippen LogP contribution in [0.5, 0.6) is 0 Å². The van der Waals surface area contributed by atoms with Gasteiger partial charge < -0.3 is 0 Å². The van der Waals surface area contributed by atoms with Gasteiger partial charge in [0.05, 0.1) is 17.9 Å². The molecule has 1 heterocycles. The largest absolute Gasteiger partial charge is 0.299 e. The maximum Gasteiger partial charge on any atom is 0.0695 e. The van der Waals surface area contributed by atoms with Gasteiger partial charge in [-0.2, -0.15) is 5.10 Å².